The Labute approximate surface area is 140 Å². The van der Waals surface area contributed by atoms with Crippen molar-refractivity contribution in [3.05, 3.63) is 0 Å². The molecule has 2 fully saturated rings. The highest BCUT2D eigenvalue weighted by Crippen LogP contribution is 2.25. The van der Waals surface area contributed by atoms with Crippen LogP contribution in [-0.2, 0) is 9.59 Å². The zero-order valence-corrected chi connectivity index (χ0v) is 14.4. The highest BCUT2D eigenvalue weighted by molar-refractivity contribution is 5.77. The summed E-state index contributed by atoms with van der Waals surface area (Å²) < 4.78 is 0. The van der Waals surface area contributed by atoms with Gasteiger partial charge in [0.25, 0.3) is 0 Å². The predicted octanol–water partition coefficient (Wildman–Crippen LogP) is 1.97. The number of amides is 2. The summed E-state index contributed by atoms with van der Waals surface area (Å²) >= 11 is 0. The molecule has 0 atom stereocenters. The zero-order chi connectivity index (χ0) is 16.3. The highest BCUT2D eigenvalue weighted by Gasteiger charge is 2.17. The van der Waals surface area contributed by atoms with Crippen LogP contribution in [0.25, 0.3) is 0 Å². The SMILES string of the molecule is O=C(CCC1CCNCC1)NCCNC(=O)CC1CCCCC1. The smallest absolute Gasteiger partial charge is 0.220 e. The summed E-state index contributed by atoms with van der Waals surface area (Å²) in [5.74, 6) is 1.52. The second-order valence-electron chi connectivity index (χ2n) is 7.14. The van der Waals surface area contributed by atoms with Crippen LogP contribution in [0.3, 0.4) is 0 Å². The molecular formula is C18H33N3O2. The maximum Gasteiger partial charge on any atom is 0.220 e. The van der Waals surface area contributed by atoms with Crippen LogP contribution in [0.4, 0.5) is 0 Å². The Kier molecular flexibility index (Phi) is 8.43. The molecule has 23 heavy (non-hydrogen) atoms. The van der Waals surface area contributed by atoms with Gasteiger partial charge in [-0.2, -0.15) is 0 Å². The molecule has 0 radical (unpaired) electrons. The summed E-state index contributed by atoms with van der Waals surface area (Å²) in [6.07, 6.45) is 10.9. The van der Waals surface area contributed by atoms with Crippen LogP contribution in [-0.4, -0.2) is 38.0 Å². The Morgan fingerprint density at radius 2 is 1.48 bits per heavy atom. The van der Waals surface area contributed by atoms with Crippen molar-refractivity contribution in [2.24, 2.45) is 11.8 Å². The molecule has 1 aliphatic heterocycles. The van der Waals surface area contributed by atoms with Crippen LogP contribution >= 0.6 is 0 Å². The molecule has 2 rings (SSSR count). The molecule has 3 N–H and O–H groups in total. The fourth-order valence-corrected chi connectivity index (χ4v) is 3.72. The van der Waals surface area contributed by atoms with E-state index in [-0.39, 0.29) is 11.8 Å². The molecule has 1 heterocycles. The zero-order valence-electron chi connectivity index (χ0n) is 14.4. The number of rotatable bonds is 8. The first-order chi connectivity index (χ1) is 11.2. The lowest BCUT2D eigenvalue weighted by molar-refractivity contribution is -0.123. The molecule has 2 aliphatic rings. The van der Waals surface area contributed by atoms with Gasteiger partial charge in [-0.1, -0.05) is 19.3 Å². The van der Waals surface area contributed by atoms with Crippen LogP contribution < -0.4 is 16.0 Å². The number of nitrogens with one attached hydrogen (secondary N) is 3. The fourth-order valence-electron chi connectivity index (χ4n) is 3.72. The quantitative estimate of drug-likeness (QED) is 0.598. The second kappa shape index (κ2) is 10.6. The largest absolute Gasteiger partial charge is 0.354 e. The maximum absolute atomic E-state index is 11.9. The predicted molar refractivity (Wildman–Crippen MR) is 92.0 cm³/mol. The highest BCUT2D eigenvalue weighted by atomic mass is 16.2. The Morgan fingerprint density at radius 1 is 0.826 bits per heavy atom. The standard InChI is InChI=1S/C18H33N3O2/c22-17(7-6-15-8-10-19-11-9-15)20-12-13-21-18(23)14-16-4-2-1-3-5-16/h15-16,19H,1-14H2,(H,20,22)(H,21,23). The molecule has 5 heteroatoms. The van der Waals surface area contributed by atoms with E-state index in [0.717, 1.165) is 19.5 Å². The number of piperidine rings is 1. The van der Waals surface area contributed by atoms with Gasteiger partial charge in [-0.25, -0.2) is 0 Å². The summed E-state index contributed by atoms with van der Waals surface area (Å²) in [5, 5.41) is 9.18. The van der Waals surface area contributed by atoms with E-state index in [2.05, 4.69) is 16.0 Å². The number of carbonyl (C=O) groups excluding carboxylic acids is 2. The molecule has 5 nitrogen and oxygen atoms in total. The Balaban J connectivity index is 1.45. The van der Waals surface area contributed by atoms with E-state index in [1.807, 2.05) is 0 Å². The lowest BCUT2D eigenvalue weighted by Gasteiger charge is -2.22. The Hall–Kier alpha value is -1.10. The third kappa shape index (κ3) is 7.82. The minimum absolute atomic E-state index is 0.116. The van der Waals surface area contributed by atoms with Gasteiger partial charge in [0.15, 0.2) is 0 Å². The van der Waals surface area contributed by atoms with E-state index in [4.69, 9.17) is 0 Å². The molecule has 0 aromatic rings. The van der Waals surface area contributed by atoms with Gasteiger partial charge in [0.2, 0.25) is 11.8 Å². The van der Waals surface area contributed by atoms with E-state index in [9.17, 15) is 9.59 Å². The topological polar surface area (TPSA) is 70.2 Å². The first-order valence-corrected chi connectivity index (χ1v) is 9.48. The monoisotopic (exact) mass is 323 g/mol. The van der Waals surface area contributed by atoms with Crippen molar-refractivity contribution in [1.82, 2.24) is 16.0 Å². The summed E-state index contributed by atoms with van der Waals surface area (Å²) in [7, 11) is 0. The van der Waals surface area contributed by atoms with Crippen molar-refractivity contribution < 1.29 is 9.59 Å². The van der Waals surface area contributed by atoms with Crippen molar-refractivity contribution in [1.29, 1.82) is 0 Å². The summed E-state index contributed by atoms with van der Waals surface area (Å²) in [6.45, 7) is 3.25. The van der Waals surface area contributed by atoms with Crippen LogP contribution in [0.5, 0.6) is 0 Å². The number of carbonyl (C=O) groups is 2. The van der Waals surface area contributed by atoms with Crippen molar-refractivity contribution in [2.75, 3.05) is 26.2 Å². The van der Waals surface area contributed by atoms with E-state index < -0.39 is 0 Å². The molecule has 0 aromatic heterocycles. The molecule has 2 amide bonds. The molecule has 0 aromatic carbocycles. The Bertz CT molecular complexity index is 361. The fraction of sp³-hybridized carbons (Fsp3) is 0.889. The van der Waals surface area contributed by atoms with Crippen molar-refractivity contribution in [3.63, 3.8) is 0 Å². The van der Waals surface area contributed by atoms with Crippen molar-refractivity contribution in [2.45, 2.75) is 64.2 Å². The molecular weight excluding hydrogens is 290 g/mol. The van der Waals surface area contributed by atoms with Gasteiger partial charge >= 0.3 is 0 Å². The van der Waals surface area contributed by atoms with Crippen LogP contribution in [0, 0.1) is 11.8 Å². The minimum Gasteiger partial charge on any atom is -0.354 e. The lowest BCUT2D eigenvalue weighted by Crippen LogP contribution is -2.35. The van der Waals surface area contributed by atoms with E-state index in [1.165, 1.54) is 44.9 Å². The number of hydrogen-bond acceptors (Lipinski definition) is 3. The van der Waals surface area contributed by atoms with E-state index in [0.29, 0.717) is 37.8 Å². The first-order valence-electron chi connectivity index (χ1n) is 9.48. The van der Waals surface area contributed by atoms with Crippen LogP contribution in [0.1, 0.15) is 64.2 Å². The van der Waals surface area contributed by atoms with Crippen LogP contribution in [0.15, 0.2) is 0 Å². The first kappa shape index (κ1) is 18.2. The van der Waals surface area contributed by atoms with Gasteiger partial charge in [0.05, 0.1) is 0 Å². The normalized spacial score (nSPS) is 20.2. The van der Waals surface area contributed by atoms with Gasteiger partial charge in [-0.3, -0.25) is 9.59 Å². The molecule has 1 saturated heterocycles. The number of hydrogen-bond donors (Lipinski definition) is 3. The van der Waals surface area contributed by atoms with E-state index >= 15 is 0 Å². The van der Waals surface area contributed by atoms with Crippen molar-refractivity contribution in [3.8, 4) is 0 Å². The third-order valence-electron chi connectivity index (χ3n) is 5.21. The second-order valence-corrected chi connectivity index (χ2v) is 7.14. The van der Waals surface area contributed by atoms with Crippen LogP contribution in [0.2, 0.25) is 0 Å². The maximum atomic E-state index is 11.9. The summed E-state index contributed by atoms with van der Waals surface area (Å²) in [5.41, 5.74) is 0. The summed E-state index contributed by atoms with van der Waals surface area (Å²) in [6, 6.07) is 0. The van der Waals surface area contributed by atoms with Gasteiger partial charge in [-0.15, -0.1) is 0 Å². The molecule has 0 unspecified atom stereocenters. The van der Waals surface area contributed by atoms with Gasteiger partial charge in [0, 0.05) is 25.9 Å². The molecule has 1 aliphatic carbocycles. The summed E-state index contributed by atoms with van der Waals surface area (Å²) in [4.78, 5) is 23.7. The third-order valence-corrected chi connectivity index (χ3v) is 5.21. The molecule has 0 spiro atoms. The molecule has 1 saturated carbocycles. The van der Waals surface area contributed by atoms with Gasteiger partial charge in [-0.05, 0) is 57.0 Å². The van der Waals surface area contributed by atoms with Gasteiger partial charge < -0.3 is 16.0 Å². The van der Waals surface area contributed by atoms with Gasteiger partial charge in [0.1, 0.15) is 0 Å². The average Bonchev–Trinajstić information content (AvgIpc) is 2.59. The van der Waals surface area contributed by atoms with E-state index in [1.54, 1.807) is 0 Å². The average molecular weight is 323 g/mol. The minimum atomic E-state index is 0.116. The molecule has 0 bridgehead atoms. The molecule has 132 valence electrons. The lowest BCUT2D eigenvalue weighted by atomic mass is 9.87. The van der Waals surface area contributed by atoms with Crippen molar-refractivity contribution >= 4 is 11.8 Å². The Morgan fingerprint density at radius 3 is 2.17 bits per heavy atom.